The van der Waals surface area contributed by atoms with E-state index in [1.807, 2.05) is 6.92 Å². The molecule has 0 unspecified atom stereocenters. The third-order valence-electron chi connectivity index (χ3n) is 2.63. The predicted molar refractivity (Wildman–Crippen MR) is 73.7 cm³/mol. The van der Waals surface area contributed by atoms with Crippen LogP contribution in [0.5, 0.6) is 0 Å². The molecule has 0 saturated heterocycles. The molecule has 90 valence electrons. The molecule has 0 spiro atoms. The van der Waals surface area contributed by atoms with Crippen molar-refractivity contribution in [1.82, 2.24) is 4.98 Å². The quantitative estimate of drug-likeness (QED) is 0.886. The maximum absolute atomic E-state index is 5.79. The molecule has 1 heterocycles. The molecule has 0 amide bonds. The van der Waals surface area contributed by atoms with Crippen molar-refractivity contribution in [1.29, 1.82) is 0 Å². The molecule has 3 N–H and O–H groups in total. The summed E-state index contributed by atoms with van der Waals surface area (Å²) in [5.41, 5.74) is 7.59. The van der Waals surface area contributed by atoms with Crippen LogP contribution in [0.3, 0.4) is 0 Å². The fourth-order valence-corrected chi connectivity index (χ4v) is 2.12. The first kappa shape index (κ1) is 13.3. The number of hydrogen-bond acceptors (Lipinski definition) is 3. The number of nitrogen functional groups attached to an aromatic ring is 1. The topological polar surface area (TPSA) is 50.9 Å². The third kappa shape index (κ3) is 3.11. The molecule has 0 aliphatic carbocycles. The number of nitrogens with two attached hydrogens (primary N) is 1. The summed E-state index contributed by atoms with van der Waals surface area (Å²) in [6.45, 7) is 8.52. The molecule has 0 saturated carbocycles. The largest absolute Gasteiger partial charge is 0.397 e. The Morgan fingerprint density at radius 1 is 1.50 bits per heavy atom. The van der Waals surface area contributed by atoms with Crippen molar-refractivity contribution in [3.8, 4) is 0 Å². The Kier molecular flexibility index (Phi) is 4.19. The van der Waals surface area contributed by atoms with Crippen molar-refractivity contribution in [2.24, 2.45) is 0 Å². The zero-order chi connectivity index (χ0) is 12.3. The monoisotopic (exact) mass is 285 g/mol. The standard InChI is InChI=1S/C12H20BrN3/c1-5-6-12(3,4)16-11-10(13)8(2)9(14)7-15-11/h7H,5-6,14H2,1-4H3,(H,15,16). The SMILES string of the molecule is CCCC(C)(C)Nc1ncc(N)c(C)c1Br. The molecule has 0 aliphatic heterocycles. The first-order valence-corrected chi connectivity index (χ1v) is 6.35. The lowest BCUT2D eigenvalue weighted by molar-refractivity contribution is 0.508. The van der Waals surface area contributed by atoms with Crippen molar-refractivity contribution in [2.45, 2.75) is 46.1 Å². The minimum absolute atomic E-state index is 0.0484. The fourth-order valence-electron chi connectivity index (χ4n) is 1.69. The molecule has 0 bridgehead atoms. The van der Waals surface area contributed by atoms with Crippen molar-refractivity contribution < 1.29 is 0 Å². The maximum Gasteiger partial charge on any atom is 0.141 e. The van der Waals surface area contributed by atoms with Crippen LogP contribution in [0.1, 0.15) is 39.2 Å². The van der Waals surface area contributed by atoms with E-state index in [1.54, 1.807) is 6.20 Å². The molecular formula is C12H20BrN3. The Bertz CT molecular complexity index is 375. The molecule has 0 atom stereocenters. The lowest BCUT2D eigenvalue weighted by atomic mass is 9.99. The van der Waals surface area contributed by atoms with Gasteiger partial charge >= 0.3 is 0 Å². The lowest BCUT2D eigenvalue weighted by Gasteiger charge is -2.27. The van der Waals surface area contributed by atoms with Crippen molar-refractivity contribution in [2.75, 3.05) is 11.1 Å². The molecule has 0 fully saturated rings. The van der Waals surface area contributed by atoms with E-state index in [1.165, 1.54) is 0 Å². The molecular weight excluding hydrogens is 266 g/mol. The van der Waals surface area contributed by atoms with Gasteiger partial charge in [-0.25, -0.2) is 4.98 Å². The number of nitrogens with one attached hydrogen (secondary N) is 1. The van der Waals surface area contributed by atoms with Gasteiger partial charge in [-0.15, -0.1) is 0 Å². The third-order valence-corrected chi connectivity index (χ3v) is 3.60. The normalized spacial score (nSPS) is 11.6. The van der Waals surface area contributed by atoms with Gasteiger partial charge in [-0.3, -0.25) is 0 Å². The van der Waals surface area contributed by atoms with E-state index < -0.39 is 0 Å². The van der Waals surface area contributed by atoms with E-state index in [2.05, 4.69) is 47.0 Å². The molecule has 1 aromatic heterocycles. The summed E-state index contributed by atoms with van der Waals surface area (Å²) in [5.74, 6) is 0.866. The second-order valence-corrected chi connectivity index (χ2v) is 5.55. The van der Waals surface area contributed by atoms with Gasteiger partial charge in [0.25, 0.3) is 0 Å². The fraction of sp³-hybridized carbons (Fsp3) is 0.583. The van der Waals surface area contributed by atoms with Gasteiger partial charge in [-0.05, 0) is 48.7 Å². The van der Waals surface area contributed by atoms with Gasteiger partial charge < -0.3 is 11.1 Å². The second kappa shape index (κ2) is 5.04. The molecule has 0 aliphatic rings. The van der Waals surface area contributed by atoms with Gasteiger partial charge in [0.2, 0.25) is 0 Å². The molecule has 0 aromatic carbocycles. The average molecular weight is 286 g/mol. The van der Waals surface area contributed by atoms with Gasteiger partial charge in [0.1, 0.15) is 5.82 Å². The first-order valence-electron chi connectivity index (χ1n) is 5.56. The number of pyridine rings is 1. The zero-order valence-corrected chi connectivity index (χ0v) is 12.0. The van der Waals surface area contributed by atoms with Gasteiger partial charge in [0, 0.05) is 5.54 Å². The highest BCUT2D eigenvalue weighted by atomic mass is 79.9. The highest BCUT2D eigenvalue weighted by Crippen LogP contribution is 2.30. The van der Waals surface area contributed by atoms with Crippen molar-refractivity contribution >= 4 is 27.4 Å². The van der Waals surface area contributed by atoms with E-state index in [4.69, 9.17) is 5.73 Å². The van der Waals surface area contributed by atoms with E-state index in [0.717, 1.165) is 28.7 Å². The van der Waals surface area contributed by atoms with E-state index >= 15 is 0 Å². The van der Waals surface area contributed by atoms with Crippen molar-refractivity contribution in [3.63, 3.8) is 0 Å². The minimum Gasteiger partial charge on any atom is -0.397 e. The average Bonchev–Trinajstić information content (AvgIpc) is 2.19. The number of nitrogens with zero attached hydrogens (tertiary/aromatic N) is 1. The zero-order valence-electron chi connectivity index (χ0n) is 10.4. The summed E-state index contributed by atoms with van der Waals surface area (Å²) >= 11 is 3.53. The Morgan fingerprint density at radius 2 is 2.12 bits per heavy atom. The van der Waals surface area contributed by atoms with Crippen LogP contribution < -0.4 is 11.1 Å². The van der Waals surface area contributed by atoms with Gasteiger partial charge in [-0.1, -0.05) is 13.3 Å². The maximum atomic E-state index is 5.79. The molecule has 3 nitrogen and oxygen atoms in total. The molecule has 16 heavy (non-hydrogen) atoms. The summed E-state index contributed by atoms with van der Waals surface area (Å²) in [5, 5.41) is 3.44. The molecule has 4 heteroatoms. The van der Waals surface area contributed by atoms with Gasteiger partial charge in [-0.2, -0.15) is 0 Å². The number of halogens is 1. The smallest absolute Gasteiger partial charge is 0.141 e. The van der Waals surface area contributed by atoms with Gasteiger partial charge in [0.15, 0.2) is 0 Å². The summed E-state index contributed by atoms with van der Waals surface area (Å²) in [6, 6.07) is 0. The van der Waals surface area contributed by atoms with Crippen molar-refractivity contribution in [3.05, 3.63) is 16.2 Å². The van der Waals surface area contributed by atoms with Crippen LogP contribution in [0.4, 0.5) is 11.5 Å². The Hall–Kier alpha value is -0.770. The van der Waals surface area contributed by atoms with Crippen LogP contribution in [0, 0.1) is 6.92 Å². The second-order valence-electron chi connectivity index (χ2n) is 4.76. The predicted octanol–water partition coefficient (Wildman–Crippen LogP) is 3.73. The first-order chi connectivity index (χ1) is 7.37. The summed E-state index contributed by atoms with van der Waals surface area (Å²) in [7, 11) is 0. The van der Waals surface area contributed by atoms with Crippen LogP contribution in [0.15, 0.2) is 10.7 Å². The number of hydrogen-bond donors (Lipinski definition) is 2. The molecule has 1 rings (SSSR count). The Balaban J connectivity index is 2.94. The highest BCUT2D eigenvalue weighted by Gasteiger charge is 2.18. The number of anilines is 2. The number of rotatable bonds is 4. The van der Waals surface area contributed by atoms with E-state index in [-0.39, 0.29) is 5.54 Å². The molecule has 0 radical (unpaired) electrons. The van der Waals surface area contributed by atoms with Crippen LogP contribution >= 0.6 is 15.9 Å². The summed E-state index contributed by atoms with van der Waals surface area (Å²) in [6.07, 6.45) is 3.95. The van der Waals surface area contributed by atoms with Crippen LogP contribution in [0.2, 0.25) is 0 Å². The van der Waals surface area contributed by atoms with Crippen LogP contribution in [0.25, 0.3) is 0 Å². The Morgan fingerprint density at radius 3 is 2.69 bits per heavy atom. The van der Waals surface area contributed by atoms with E-state index in [0.29, 0.717) is 5.69 Å². The number of aromatic nitrogens is 1. The van der Waals surface area contributed by atoms with Gasteiger partial charge in [0.05, 0.1) is 16.4 Å². The van der Waals surface area contributed by atoms with E-state index in [9.17, 15) is 0 Å². The lowest BCUT2D eigenvalue weighted by Crippen LogP contribution is -2.31. The highest BCUT2D eigenvalue weighted by molar-refractivity contribution is 9.10. The summed E-state index contributed by atoms with van der Waals surface area (Å²) < 4.78 is 0.955. The van der Waals surface area contributed by atoms with Crippen LogP contribution in [-0.2, 0) is 0 Å². The molecule has 1 aromatic rings. The minimum atomic E-state index is 0.0484. The summed E-state index contributed by atoms with van der Waals surface area (Å²) in [4.78, 5) is 4.32. The van der Waals surface area contributed by atoms with Crippen LogP contribution in [-0.4, -0.2) is 10.5 Å². The Labute approximate surface area is 106 Å².